The van der Waals surface area contributed by atoms with Gasteiger partial charge in [-0.15, -0.1) is 0 Å². The molecule has 2 aromatic carbocycles. The van der Waals surface area contributed by atoms with Crippen LogP contribution in [0.5, 0.6) is 5.75 Å². The quantitative estimate of drug-likeness (QED) is 0.331. The normalized spacial score (nSPS) is 10.4. The lowest BCUT2D eigenvalue weighted by molar-refractivity contribution is -0.128. The Morgan fingerprint density at radius 3 is 2.24 bits per heavy atom. The van der Waals surface area contributed by atoms with Gasteiger partial charge in [-0.25, -0.2) is 0 Å². The van der Waals surface area contributed by atoms with Crippen LogP contribution in [0.1, 0.15) is 61.4 Å². The summed E-state index contributed by atoms with van der Waals surface area (Å²) in [5.74, 6) is 0.579. The minimum atomic E-state index is -0.280. The molecule has 0 heterocycles. The number of aryl methyl sites for hydroxylation is 1. The zero-order valence-electron chi connectivity index (χ0n) is 19.9. The maximum Gasteiger partial charge on any atom is 0.257 e. The molecule has 0 radical (unpaired) electrons. The molecule has 0 atom stereocenters. The van der Waals surface area contributed by atoms with Gasteiger partial charge in [0.1, 0.15) is 5.75 Å². The van der Waals surface area contributed by atoms with E-state index < -0.39 is 0 Å². The van der Waals surface area contributed by atoms with Gasteiger partial charge < -0.3 is 15.0 Å². The summed E-state index contributed by atoms with van der Waals surface area (Å²) >= 11 is 5.27. The second kappa shape index (κ2) is 14.3. The third-order valence-electron chi connectivity index (χ3n) is 5.20. The van der Waals surface area contributed by atoms with Crippen LogP contribution < -0.4 is 15.4 Å². The Balaban J connectivity index is 1.75. The van der Waals surface area contributed by atoms with Crippen molar-refractivity contribution in [2.45, 2.75) is 51.9 Å². The lowest BCUT2D eigenvalue weighted by Gasteiger charge is -2.12. The summed E-state index contributed by atoms with van der Waals surface area (Å²) in [5, 5.41) is 5.93. The van der Waals surface area contributed by atoms with E-state index in [0.29, 0.717) is 25.0 Å². The molecule has 7 heteroatoms. The Bertz CT molecular complexity index is 896. The van der Waals surface area contributed by atoms with E-state index in [2.05, 4.69) is 17.6 Å². The molecule has 0 bridgehead atoms. The molecule has 33 heavy (non-hydrogen) atoms. The summed E-state index contributed by atoms with van der Waals surface area (Å²) in [6, 6.07) is 14.7. The fourth-order valence-electron chi connectivity index (χ4n) is 3.17. The second-order valence-electron chi connectivity index (χ2n) is 8.18. The molecule has 2 rings (SSSR count). The number of thiocarbonyl (C=S) groups is 1. The van der Waals surface area contributed by atoms with E-state index in [-0.39, 0.29) is 16.9 Å². The van der Waals surface area contributed by atoms with E-state index in [9.17, 15) is 9.59 Å². The van der Waals surface area contributed by atoms with Crippen molar-refractivity contribution in [3.05, 3.63) is 59.7 Å². The standard InChI is InChI=1S/C26H35N3O3S/c1-4-5-6-7-8-19-32-23-16-12-21(13-17-23)25(31)28-26(33)27-22-14-9-20(10-15-22)11-18-24(30)29(2)3/h9-10,12-17H,4-8,11,18-19H2,1-3H3,(H2,27,28,31,33). The molecule has 2 amide bonds. The molecule has 0 aliphatic carbocycles. The third kappa shape index (κ3) is 10.0. The van der Waals surface area contributed by atoms with E-state index in [0.717, 1.165) is 23.4 Å². The summed E-state index contributed by atoms with van der Waals surface area (Å²) in [4.78, 5) is 25.8. The first-order valence-electron chi connectivity index (χ1n) is 11.5. The zero-order valence-corrected chi connectivity index (χ0v) is 20.7. The summed E-state index contributed by atoms with van der Waals surface area (Å²) in [6.07, 6.45) is 7.11. The molecule has 0 spiro atoms. The number of hydrogen-bond donors (Lipinski definition) is 2. The highest BCUT2D eigenvalue weighted by molar-refractivity contribution is 7.80. The minimum absolute atomic E-state index is 0.100. The lowest BCUT2D eigenvalue weighted by Crippen LogP contribution is -2.34. The number of benzene rings is 2. The number of carbonyl (C=O) groups is 2. The molecule has 0 saturated carbocycles. The van der Waals surface area contributed by atoms with Gasteiger partial charge in [0, 0.05) is 31.8 Å². The molecule has 0 saturated heterocycles. The topological polar surface area (TPSA) is 70.7 Å². The number of anilines is 1. The van der Waals surface area contributed by atoms with Crippen molar-refractivity contribution < 1.29 is 14.3 Å². The average molecular weight is 470 g/mol. The molecule has 0 aliphatic rings. The highest BCUT2D eigenvalue weighted by Gasteiger charge is 2.09. The first-order chi connectivity index (χ1) is 15.9. The first kappa shape index (κ1) is 26.3. The van der Waals surface area contributed by atoms with Crippen LogP contribution in [0.15, 0.2) is 48.5 Å². The van der Waals surface area contributed by atoms with Gasteiger partial charge in [-0.1, -0.05) is 44.7 Å². The van der Waals surface area contributed by atoms with Crippen LogP contribution in [-0.2, 0) is 11.2 Å². The average Bonchev–Trinajstić information content (AvgIpc) is 2.80. The Morgan fingerprint density at radius 1 is 0.939 bits per heavy atom. The number of rotatable bonds is 12. The number of nitrogens with zero attached hydrogens (tertiary/aromatic N) is 1. The zero-order chi connectivity index (χ0) is 24.1. The summed E-state index contributed by atoms with van der Waals surface area (Å²) in [5.41, 5.74) is 2.34. The molecule has 0 aromatic heterocycles. The van der Waals surface area contributed by atoms with Crippen molar-refractivity contribution in [1.82, 2.24) is 10.2 Å². The number of amides is 2. The fourth-order valence-corrected chi connectivity index (χ4v) is 3.38. The van der Waals surface area contributed by atoms with Gasteiger partial charge in [0.25, 0.3) is 5.91 Å². The number of carbonyl (C=O) groups excluding carboxylic acids is 2. The van der Waals surface area contributed by atoms with Crippen LogP contribution in [0.4, 0.5) is 5.69 Å². The predicted octanol–water partition coefficient (Wildman–Crippen LogP) is 5.18. The summed E-state index contributed by atoms with van der Waals surface area (Å²) in [7, 11) is 3.51. The number of unbranched alkanes of at least 4 members (excludes halogenated alkanes) is 4. The van der Waals surface area contributed by atoms with Gasteiger partial charge in [-0.05, 0) is 67.0 Å². The van der Waals surface area contributed by atoms with Crippen molar-refractivity contribution in [1.29, 1.82) is 0 Å². The Kier molecular flexibility index (Phi) is 11.4. The number of nitrogens with one attached hydrogen (secondary N) is 2. The summed E-state index contributed by atoms with van der Waals surface area (Å²) in [6.45, 7) is 2.89. The Labute approximate surface area is 202 Å². The van der Waals surface area contributed by atoms with Crippen molar-refractivity contribution >= 4 is 34.8 Å². The fraction of sp³-hybridized carbons (Fsp3) is 0.423. The van der Waals surface area contributed by atoms with Gasteiger partial charge in [0.2, 0.25) is 5.91 Å². The Hall–Kier alpha value is -2.93. The van der Waals surface area contributed by atoms with Crippen LogP contribution in [0.25, 0.3) is 0 Å². The summed E-state index contributed by atoms with van der Waals surface area (Å²) < 4.78 is 5.74. The largest absolute Gasteiger partial charge is 0.494 e. The van der Waals surface area contributed by atoms with Gasteiger partial charge in [-0.3, -0.25) is 14.9 Å². The highest BCUT2D eigenvalue weighted by atomic mass is 32.1. The van der Waals surface area contributed by atoms with Crippen LogP contribution in [-0.4, -0.2) is 42.5 Å². The SMILES string of the molecule is CCCCCCCOc1ccc(C(=O)NC(=S)Nc2ccc(CCC(=O)N(C)C)cc2)cc1. The lowest BCUT2D eigenvalue weighted by atomic mass is 10.1. The van der Waals surface area contributed by atoms with Gasteiger partial charge in [0.15, 0.2) is 5.11 Å². The highest BCUT2D eigenvalue weighted by Crippen LogP contribution is 2.14. The van der Waals surface area contributed by atoms with Crippen molar-refractivity contribution in [3.8, 4) is 5.75 Å². The van der Waals surface area contributed by atoms with E-state index in [4.69, 9.17) is 17.0 Å². The van der Waals surface area contributed by atoms with Crippen LogP contribution in [0.2, 0.25) is 0 Å². The molecule has 0 fully saturated rings. The molecule has 0 unspecified atom stereocenters. The second-order valence-corrected chi connectivity index (χ2v) is 8.59. The van der Waals surface area contributed by atoms with E-state index in [1.165, 1.54) is 25.7 Å². The number of hydrogen-bond acceptors (Lipinski definition) is 4. The maximum atomic E-state index is 12.5. The molecular formula is C26H35N3O3S. The van der Waals surface area contributed by atoms with Crippen LogP contribution in [0, 0.1) is 0 Å². The Morgan fingerprint density at radius 2 is 1.61 bits per heavy atom. The van der Waals surface area contributed by atoms with Gasteiger partial charge >= 0.3 is 0 Å². The molecule has 6 nitrogen and oxygen atoms in total. The van der Waals surface area contributed by atoms with Gasteiger partial charge in [-0.2, -0.15) is 0 Å². The molecule has 0 aliphatic heterocycles. The van der Waals surface area contributed by atoms with E-state index in [1.54, 1.807) is 43.3 Å². The van der Waals surface area contributed by atoms with Crippen LogP contribution >= 0.6 is 12.2 Å². The van der Waals surface area contributed by atoms with Gasteiger partial charge in [0.05, 0.1) is 6.61 Å². The molecular weight excluding hydrogens is 434 g/mol. The minimum Gasteiger partial charge on any atom is -0.494 e. The third-order valence-corrected chi connectivity index (χ3v) is 5.40. The van der Waals surface area contributed by atoms with E-state index >= 15 is 0 Å². The van der Waals surface area contributed by atoms with Crippen molar-refractivity contribution in [3.63, 3.8) is 0 Å². The van der Waals surface area contributed by atoms with Crippen molar-refractivity contribution in [2.75, 3.05) is 26.0 Å². The van der Waals surface area contributed by atoms with Crippen molar-refractivity contribution in [2.24, 2.45) is 0 Å². The number of ether oxygens (including phenoxy) is 1. The smallest absolute Gasteiger partial charge is 0.257 e. The monoisotopic (exact) mass is 469 g/mol. The molecule has 2 N–H and O–H groups in total. The maximum absolute atomic E-state index is 12.5. The van der Waals surface area contributed by atoms with E-state index in [1.807, 2.05) is 24.3 Å². The molecule has 178 valence electrons. The van der Waals surface area contributed by atoms with Crippen LogP contribution in [0.3, 0.4) is 0 Å². The predicted molar refractivity (Wildman–Crippen MR) is 138 cm³/mol. The molecule has 2 aromatic rings. The first-order valence-corrected chi connectivity index (χ1v) is 11.9.